The van der Waals surface area contributed by atoms with Crippen LogP contribution in [0.1, 0.15) is 52.9 Å². The Morgan fingerprint density at radius 3 is 2.72 bits per heavy atom. The molecule has 5 atom stereocenters. The Labute approximate surface area is 117 Å². The smallest absolute Gasteiger partial charge is 0.0658 e. The molecule has 106 valence electrons. The summed E-state index contributed by atoms with van der Waals surface area (Å²) in [6, 6.07) is 1.40. The van der Waals surface area contributed by atoms with Crippen LogP contribution in [0.2, 0.25) is 0 Å². The molecule has 0 aromatic heterocycles. The summed E-state index contributed by atoms with van der Waals surface area (Å²) in [7, 11) is 0. The predicted octanol–water partition coefficient (Wildman–Crippen LogP) is 3.45. The zero-order chi connectivity index (χ0) is 13.2. The Morgan fingerprint density at radius 2 is 2.11 bits per heavy atom. The lowest BCUT2D eigenvalue weighted by Gasteiger charge is -2.55. The second-order valence-corrected chi connectivity index (χ2v) is 7.15. The van der Waals surface area contributed by atoms with E-state index in [1.165, 1.54) is 32.1 Å². The molecule has 2 aliphatic rings. The molecular weight excluding hydrogens is 242 g/mol. The van der Waals surface area contributed by atoms with E-state index in [0.29, 0.717) is 17.6 Å². The molecule has 0 heterocycles. The quantitative estimate of drug-likeness (QED) is 0.799. The van der Waals surface area contributed by atoms with Crippen LogP contribution in [0.15, 0.2) is 0 Å². The van der Waals surface area contributed by atoms with Crippen LogP contribution in [-0.4, -0.2) is 36.3 Å². The zero-order valence-corrected chi connectivity index (χ0v) is 13.2. The van der Waals surface area contributed by atoms with Gasteiger partial charge in [0.25, 0.3) is 0 Å². The lowest BCUT2D eigenvalue weighted by atomic mass is 9.61. The van der Waals surface area contributed by atoms with Crippen LogP contribution in [0, 0.1) is 5.41 Å². The topological polar surface area (TPSA) is 21.3 Å². The molecule has 0 bridgehead atoms. The van der Waals surface area contributed by atoms with Gasteiger partial charge in [0.1, 0.15) is 0 Å². The molecule has 2 saturated carbocycles. The molecule has 5 unspecified atom stereocenters. The third kappa shape index (κ3) is 2.59. The highest BCUT2D eigenvalue weighted by molar-refractivity contribution is 7.99. The Hall–Kier alpha value is 0.270. The molecule has 1 N–H and O–H groups in total. The fourth-order valence-electron chi connectivity index (χ4n) is 3.67. The number of hydrogen-bond donors (Lipinski definition) is 1. The van der Waals surface area contributed by atoms with Gasteiger partial charge in [0.15, 0.2) is 0 Å². The molecule has 0 aromatic rings. The van der Waals surface area contributed by atoms with Crippen LogP contribution < -0.4 is 5.32 Å². The van der Waals surface area contributed by atoms with Gasteiger partial charge in [-0.25, -0.2) is 0 Å². The lowest BCUT2D eigenvalue weighted by molar-refractivity contribution is -0.127. The molecular formula is C15H29NOS. The van der Waals surface area contributed by atoms with Gasteiger partial charge >= 0.3 is 0 Å². The van der Waals surface area contributed by atoms with Crippen LogP contribution in [0.5, 0.6) is 0 Å². The van der Waals surface area contributed by atoms with Crippen molar-refractivity contribution in [3.63, 3.8) is 0 Å². The van der Waals surface area contributed by atoms with Gasteiger partial charge in [-0.3, -0.25) is 0 Å². The summed E-state index contributed by atoms with van der Waals surface area (Å²) in [5, 5.41) is 4.78. The number of rotatable bonds is 6. The SMILES string of the molecule is CCOC1CC(NC2CCCC2SC)C1(C)CC. The van der Waals surface area contributed by atoms with E-state index in [1.54, 1.807) is 0 Å². The van der Waals surface area contributed by atoms with E-state index in [4.69, 9.17) is 4.74 Å². The Bertz CT molecular complexity index is 273. The second-order valence-electron chi connectivity index (χ2n) is 6.07. The van der Waals surface area contributed by atoms with E-state index < -0.39 is 0 Å². The van der Waals surface area contributed by atoms with E-state index in [0.717, 1.165) is 17.9 Å². The van der Waals surface area contributed by atoms with Crippen molar-refractivity contribution >= 4 is 11.8 Å². The predicted molar refractivity (Wildman–Crippen MR) is 80.3 cm³/mol. The van der Waals surface area contributed by atoms with E-state index in [2.05, 4.69) is 32.3 Å². The summed E-state index contributed by atoms with van der Waals surface area (Å²) in [4.78, 5) is 0. The molecule has 18 heavy (non-hydrogen) atoms. The van der Waals surface area contributed by atoms with Crippen LogP contribution in [0.25, 0.3) is 0 Å². The van der Waals surface area contributed by atoms with Gasteiger partial charge in [-0.15, -0.1) is 0 Å². The first-order chi connectivity index (χ1) is 8.65. The van der Waals surface area contributed by atoms with Gasteiger partial charge in [-0.1, -0.05) is 20.3 Å². The minimum atomic E-state index is 0.349. The zero-order valence-electron chi connectivity index (χ0n) is 12.4. The largest absolute Gasteiger partial charge is 0.378 e. The molecule has 2 aliphatic carbocycles. The summed E-state index contributed by atoms with van der Waals surface area (Å²) in [5.74, 6) is 0. The maximum absolute atomic E-state index is 5.89. The van der Waals surface area contributed by atoms with Gasteiger partial charge in [-0.2, -0.15) is 11.8 Å². The minimum Gasteiger partial charge on any atom is -0.378 e. The fraction of sp³-hybridized carbons (Fsp3) is 1.00. The summed E-state index contributed by atoms with van der Waals surface area (Å²) in [6.07, 6.45) is 9.30. The number of ether oxygens (including phenoxy) is 1. The number of thioether (sulfide) groups is 1. The number of hydrogen-bond acceptors (Lipinski definition) is 3. The molecule has 0 spiro atoms. The fourth-order valence-corrected chi connectivity index (χ4v) is 4.61. The van der Waals surface area contributed by atoms with E-state index in [9.17, 15) is 0 Å². The van der Waals surface area contributed by atoms with Crippen LogP contribution in [0.4, 0.5) is 0 Å². The van der Waals surface area contributed by atoms with E-state index in [-0.39, 0.29) is 0 Å². The van der Waals surface area contributed by atoms with Gasteiger partial charge in [0.05, 0.1) is 6.10 Å². The van der Waals surface area contributed by atoms with Crippen molar-refractivity contribution in [2.45, 2.75) is 76.3 Å². The molecule has 0 amide bonds. The van der Waals surface area contributed by atoms with Crippen molar-refractivity contribution in [2.24, 2.45) is 5.41 Å². The van der Waals surface area contributed by atoms with Gasteiger partial charge in [-0.05, 0) is 38.9 Å². The summed E-state index contributed by atoms with van der Waals surface area (Å²) in [6.45, 7) is 7.67. The average molecular weight is 271 g/mol. The first-order valence-corrected chi connectivity index (χ1v) is 8.85. The Balaban J connectivity index is 1.90. The Kier molecular flexibility index (Phi) is 5.01. The normalized spacial score (nSPS) is 44.0. The first-order valence-electron chi connectivity index (χ1n) is 7.56. The highest BCUT2D eigenvalue weighted by Gasteiger charge is 2.51. The van der Waals surface area contributed by atoms with Crippen LogP contribution in [-0.2, 0) is 4.74 Å². The highest BCUT2D eigenvalue weighted by Crippen LogP contribution is 2.46. The van der Waals surface area contributed by atoms with Crippen LogP contribution >= 0.6 is 11.8 Å². The maximum atomic E-state index is 5.89. The molecule has 3 heteroatoms. The molecule has 0 aromatic carbocycles. The van der Waals surface area contributed by atoms with Crippen molar-refractivity contribution in [2.75, 3.05) is 12.9 Å². The van der Waals surface area contributed by atoms with E-state index in [1.807, 2.05) is 11.8 Å². The maximum Gasteiger partial charge on any atom is 0.0658 e. The van der Waals surface area contributed by atoms with Crippen molar-refractivity contribution in [1.29, 1.82) is 0 Å². The summed E-state index contributed by atoms with van der Waals surface area (Å²) >= 11 is 2.04. The monoisotopic (exact) mass is 271 g/mol. The third-order valence-corrected chi connectivity index (χ3v) is 6.45. The lowest BCUT2D eigenvalue weighted by Crippen LogP contribution is -2.64. The molecule has 2 fully saturated rings. The van der Waals surface area contributed by atoms with Crippen molar-refractivity contribution in [1.82, 2.24) is 5.32 Å². The summed E-state index contributed by atoms with van der Waals surface area (Å²) in [5.41, 5.74) is 0.349. The average Bonchev–Trinajstić information content (AvgIpc) is 2.83. The second kappa shape index (κ2) is 6.15. The first kappa shape index (κ1) is 14.7. The molecule has 2 nitrogen and oxygen atoms in total. The molecule has 0 saturated heterocycles. The molecule has 0 aliphatic heterocycles. The third-order valence-electron chi connectivity index (χ3n) is 5.28. The Morgan fingerprint density at radius 1 is 1.33 bits per heavy atom. The highest BCUT2D eigenvalue weighted by atomic mass is 32.2. The molecule has 2 rings (SSSR count). The van der Waals surface area contributed by atoms with Gasteiger partial charge < -0.3 is 10.1 Å². The standard InChI is InChI=1S/C15H29NOS/c1-5-15(3)13(10-14(15)17-6-2)16-11-8-7-9-12(11)18-4/h11-14,16H,5-10H2,1-4H3. The van der Waals surface area contributed by atoms with Crippen molar-refractivity contribution < 1.29 is 4.74 Å². The van der Waals surface area contributed by atoms with Crippen molar-refractivity contribution in [3.8, 4) is 0 Å². The van der Waals surface area contributed by atoms with Gasteiger partial charge in [0.2, 0.25) is 0 Å². The number of nitrogens with one attached hydrogen (secondary N) is 1. The van der Waals surface area contributed by atoms with E-state index >= 15 is 0 Å². The minimum absolute atomic E-state index is 0.349. The van der Waals surface area contributed by atoms with Crippen LogP contribution in [0.3, 0.4) is 0 Å². The van der Waals surface area contributed by atoms with Crippen molar-refractivity contribution in [3.05, 3.63) is 0 Å². The van der Waals surface area contributed by atoms with Gasteiger partial charge in [0, 0.05) is 29.4 Å². The molecule has 0 radical (unpaired) electrons. The summed E-state index contributed by atoms with van der Waals surface area (Å²) < 4.78 is 5.89.